The Labute approximate surface area is 115 Å². The number of nitrogens with one attached hydrogen (secondary N) is 2. The highest BCUT2D eigenvalue weighted by Crippen LogP contribution is 2.33. The van der Waals surface area contributed by atoms with E-state index in [1.54, 1.807) is 0 Å². The molecular formula is C14H25N5. The van der Waals surface area contributed by atoms with Crippen molar-refractivity contribution in [3.8, 4) is 0 Å². The maximum atomic E-state index is 4.45. The van der Waals surface area contributed by atoms with Crippen molar-refractivity contribution in [1.29, 1.82) is 0 Å². The molecule has 0 spiro atoms. The van der Waals surface area contributed by atoms with E-state index >= 15 is 0 Å². The lowest BCUT2D eigenvalue weighted by atomic mass is 9.96. The standard InChI is InChI=1S/C14H25N5/c1-11-17-12(15-2)9-13(18-11)16-10-14(19(3)4)7-5-6-8-14/h9H,5-8,10H2,1-4H3,(H2,15,16,17,18). The van der Waals surface area contributed by atoms with Crippen LogP contribution in [0.4, 0.5) is 11.6 Å². The van der Waals surface area contributed by atoms with Crippen LogP contribution in [-0.4, -0.2) is 48.1 Å². The molecule has 0 amide bonds. The SMILES string of the molecule is CNc1cc(NCC2(N(C)C)CCCC2)nc(C)n1. The van der Waals surface area contributed by atoms with Crippen molar-refractivity contribution in [2.24, 2.45) is 0 Å². The van der Waals surface area contributed by atoms with Gasteiger partial charge < -0.3 is 15.5 Å². The molecule has 106 valence electrons. The first-order valence-electron chi connectivity index (χ1n) is 7.00. The van der Waals surface area contributed by atoms with Gasteiger partial charge in [-0.3, -0.25) is 0 Å². The number of aromatic nitrogens is 2. The molecule has 1 aromatic heterocycles. The van der Waals surface area contributed by atoms with Gasteiger partial charge in [-0.15, -0.1) is 0 Å². The number of likely N-dealkylation sites (N-methyl/N-ethyl adjacent to an activating group) is 1. The highest BCUT2D eigenvalue weighted by Gasteiger charge is 2.35. The molecule has 1 aliphatic carbocycles. The molecule has 19 heavy (non-hydrogen) atoms. The topological polar surface area (TPSA) is 53.1 Å². The van der Waals surface area contributed by atoms with E-state index in [2.05, 4.69) is 39.6 Å². The quantitative estimate of drug-likeness (QED) is 0.852. The Morgan fingerprint density at radius 1 is 1.21 bits per heavy atom. The van der Waals surface area contributed by atoms with E-state index in [9.17, 15) is 0 Å². The summed E-state index contributed by atoms with van der Waals surface area (Å²) in [6.07, 6.45) is 5.17. The zero-order valence-corrected chi connectivity index (χ0v) is 12.5. The third-order valence-electron chi connectivity index (χ3n) is 4.18. The van der Waals surface area contributed by atoms with Gasteiger partial charge in [-0.25, -0.2) is 9.97 Å². The van der Waals surface area contributed by atoms with Crippen LogP contribution in [0.1, 0.15) is 31.5 Å². The third-order valence-corrected chi connectivity index (χ3v) is 4.18. The summed E-state index contributed by atoms with van der Waals surface area (Å²) in [7, 11) is 6.23. The molecule has 1 fully saturated rings. The van der Waals surface area contributed by atoms with Crippen molar-refractivity contribution in [1.82, 2.24) is 14.9 Å². The summed E-state index contributed by atoms with van der Waals surface area (Å²) in [5, 5.41) is 6.56. The molecule has 1 aliphatic rings. The molecule has 0 bridgehead atoms. The van der Waals surface area contributed by atoms with Crippen molar-refractivity contribution in [3.63, 3.8) is 0 Å². The third kappa shape index (κ3) is 3.15. The fourth-order valence-electron chi connectivity index (χ4n) is 2.86. The molecule has 1 saturated carbocycles. The van der Waals surface area contributed by atoms with Crippen LogP contribution < -0.4 is 10.6 Å². The Hall–Kier alpha value is -1.36. The van der Waals surface area contributed by atoms with E-state index < -0.39 is 0 Å². The van der Waals surface area contributed by atoms with Gasteiger partial charge in [-0.2, -0.15) is 0 Å². The molecule has 1 aromatic rings. The number of anilines is 2. The first kappa shape index (κ1) is 14.1. The van der Waals surface area contributed by atoms with Crippen LogP contribution in [-0.2, 0) is 0 Å². The van der Waals surface area contributed by atoms with Gasteiger partial charge in [0, 0.05) is 25.2 Å². The Morgan fingerprint density at radius 2 is 1.84 bits per heavy atom. The van der Waals surface area contributed by atoms with Crippen molar-refractivity contribution in [3.05, 3.63) is 11.9 Å². The minimum absolute atomic E-state index is 0.276. The predicted molar refractivity (Wildman–Crippen MR) is 79.7 cm³/mol. The molecule has 0 atom stereocenters. The fourth-order valence-corrected chi connectivity index (χ4v) is 2.86. The van der Waals surface area contributed by atoms with Gasteiger partial charge in [-0.05, 0) is 33.9 Å². The van der Waals surface area contributed by atoms with E-state index in [1.165, 1.54) is 25.7 Å². The van der Waals surface area contributed by atoms with Crippen molar-refractivity contribution in [2.45, 2.75) is 38.1 Å². The lowest BCUT2D eigenvalue weighted by Crippen LogP contribution is -2.47. The number of aryl methyl sites for hydroxylation is 1. The lowest BCUT2D eigenvalue weighted by molar-refractivity contribution is 0.172. The Morgan fingerprint density at radius 3 is 2.42 bits per heavy atom. The summed E-state index contributed by atoms with van der Waals surface area (Å²) in [6, 6.07) is 1.96. The second kappa shape index (κ2) is 5.74. The summed E-state index contributed by atoms with van der Waals surface area (Å²) in [5.74, 6) is 2.56. The summed E-state index contributed by atoms with van der Waals surface area (Å²) in [5.41, 5.74) is 0.276. The van der Waals surface area contributed by atoms with E-state index in [4.69, 9.17) is 0 Å². The van der Waals surface area contributed by atoms with Gasteiger partial charge in [0.2, 0.25) is 0 Å². The summed E-state index contributed by atoms with van der Waals surface area (Å²) in [4.78, 5) is 11.1. The fraction of sp³-hybridized carbons (Fsp3) is 0.714. The van der Waals surface area contributed by atoms with Crippen LogP contribution in [0.5, 0.6) is 0 Å². The van der Waals surface area contributed by atoms with Gasteiger partial charge in [0.05, 0.1) is 0 Å². The maximum Gasteiger partial charge on any atom is 0.131 e. The monoisotopic (exact) mass is 263 g/mol. The average molecular weight is 263 g/mol. The Balaban J connectivity index is 2.07. The van der Waals surface area contributed by atoms with Gasteiger partial charge in [0.25, 0.3) is 0 Å². The van der Waals surface area contributed by atoms with Gasteiger partial charge in [-0.1, -0.05) is 12.8 Å². The first-order chi connectivity index (χ1) is 9.05. The second-order valence-corrected chi connectivity index (χ2v) is 5.62. The van der Waals surface area contributed by atoms with Crippen LogP contribution in [0.15, 0.2) is 6.07 Å². The lowest BCUT2D eigenvalue weighted by Gasteiger charge is -2.36. The minimum atomic E-state index is 0.276. The van der Waals surface area contributed by atoms with E-state index in [0.29, 0.717) is 0 Å². The molecule has 0 aromatic carbocycles. The van der Waals surface area contributed by atoms with E-state index in [0.717, 1.165) is 24.0 Å². The minimum Gasteiger partial charge on any atom is -0.373 e. The van der Waals surface area contributed by atoms with Crippen LogP contribution >= 0.6 is 0 Å². The molecule has 0 aliphatic heterocycles. The molecule has 0 saturated heterocycles. The Bertz CT molecular complexity index is 424. The highest BCUT2D eigenvalue weighted by molar-refractivity contribution is 5.47. The van der Waals surface area contributed by atoms with E-state index in [-0.39, 0.29) is 5.54 Å². The van der Waals surface area contributed by atoms with Crippen molar-refractivity contribution in [2.75, 3.05) is 38.3 Å². The van der Waals surface area contributed by atoms with Gasteiger partial charge >= 0.3 is 0 Å². The average Bonchev–Trinajstić information content (AvgIpc) is 2.86. The van der Waals surface area contributed by atoms with Crippen LogP contribution in [0.2, 0.25) is 0 Å². The zero-order valence-electron chi connectivity index (χ0n) is 12.5. The molecule has 0 unspecified atom stereocenters. The molecule has 5 heteroatoms. The first-order valence-corrected chi connectivity index (χ1v) is 7.00. The molecule has 5 nitrogen and oxygen atoms in total. The zero-order chi connectivity index (χ0) is 13.9. The van der Waals surface area contributed by atoms with Crippen LogP contribution in [0.3, 0.4) is 0 Å². The largest absolute Gasteiger partial charge is 0.373 e. The summed E-state index contributed by atoms with van der Waals surface area (Å²) >= 11 is 0. The second-order valence-electron chi connectivity index (χ2n) is 5.62. The Kier molecular flexibility index (Phi) is 4.24. The predicted octanol–water partition coefficient (Wildman–Crippen LogP) is 2.11. The number of nitrogens with zero attached hydrogens (tertiary/aromatic N) is 3. The molecule has 1 heterocycles. The smallest absolute Gasteiger partial charge is 0.131 e. The number of rotatable bonds is 5. The molecule has 0 radical (unpaired) electrons. The normalized spacial score (nSPS) is 17.7. The van der Waals surface area contributed by atoms with Crippen molar-refractivity contribution < 1.29 is 0 Å². The summed E-state index contributed by atoms with van der Waals surface area (Å²) in [6.45, 7) is 2.86. The maximum absolute atomic E-state index is 4.45. The van der Waals surface area contributed by atoms with Crippen LogP contribution in [0.25, 0.3) is 0 Å². The van der Waals surface area contributed by atoms with E-state index in [1.807, 2.05) is 20.0 Å². The van der Waals surface area contributed by atoms with Gasteiger partial charge in [0.15, 0.2) is 0 Å². The number of hydrogen-bond acceptors (Lipinski definition) is 5. The molecule has 2 N–H and O–H groups in total. The van der Waals surface area contributed by atoms with Gasteiger partial charge in [0.1, 0.15) is 17.5 Å². The number of hydrogen-bond donors (Lipinski definition) is 2. The highest BCUT2D eigenvalue weighted by atomic mass is 15.2. The van der Waals surface area contributed by atoms with Crippen LogP contribution in [0, 0.1) is 6.92 Å². The molecular weight excluding hydrogens is 238 g/mol. The molecule has 2 rings (SSSR count). The summed E-state index contributed by atoms with van der Waals surface area (Å²) < 4.78 is 0. The van der Waals surface area contributed by atoms with Crippen molar-refractivity contribution >= 4 is 11.6 Å².